The van der Waals surface area contributed by atoms with Gasteiger partial charge < -0.3 is 4.42 Å². The molecule has 0 N–H and O–H groups in total. The second-order valence-corrected chi connectivity index (χ2v) is 5.88. The molecule has 4 heteroatoms. The van der Waals surface area contributed by atoms with E-state index in [1.165, 1.54) is 0 Å². The summed E-state index contributed by atoms with van der Waals surface area (Å²) in [7, 11) is 0. The van der Waals surface area contributed by atoms with E-state index >= 15 is 0 Å². The number of aromatic nitrogens is 3. The second kappa shape index (κ2) is 5.53. The van der Waals surface area contributed by atoms with Crippen LogP contribution in [0.1, 0.15) is 0 Å². The molecule has 0 aliphatic heterocycles. The Bertz CT molecular complexity index is 1200. The molecule has 0 unspecified atom stereocenters. The average molecular weight is 323 g/mol. The number of hydrogen-bond donors (Lipinski definition) is 0. The maximum absolute atomic E-state index is 5.89. The van der Waals surface area contributed by atoms with Gasteiger partial charge in [0.25, 0.3) is 0 Å². The number of nitrogens with zero attached hydrogens (tertiary/aromatic N) is 3. The van der Waals surface area contributed by atoms with E-state index < -0.39 is 0 Å². The van der Waals surface area contributed by atoms with E-state index in [0.717, 1.165) is 44.5 Å². The molecule has 0 saturated heterocycles. The first-order valence-electron chi connectivity index (χ1n) is 8.06. The Morgan fingerprint density at radius 3 is 2.16 bits per heavy atom. The Hall–Kier alpha value is -3.53. The lowest BCUT2D eigenvalue weighted by Crippen LogP contribution is -1.94. The molecule has 0 aliphatic carbocycles. The van der Waals surface area contributed by atoms with Crippen molar-refractivity contribution >= 4 is 21.9 Å². The standard InChI is InChI=1S/C21H13N3O/c1-2-6-14(7-3-1)18-13-19(23-24-22-18)15-10-11-21-17(12-15)16-8-4-5-9-20(16)25-21/h1-13H. The highest BCUT2D eigenvalue weighted by Gasteiger charge is 2.10. The number of para-hydroxylation sites is 1. The van der Waals surface area contributed by atoms with E-state index in [1.54, 1.807) is 0 Å². The van der Waals surface area contributed by atoms with Crippen molar-refractivity contribution in [2.75, 3.05) is 0 Å². The second-order valence-electron chi connectivity index (χ2n) is 5.88. The van der Waals surface area contributed by atoms with E-state index in [-0.39, 0.29) is 0 Å². The summed E-state index contributed by atoms with van der Waals surface area (Å²) in [5, 5.41) is 14.5. The number of rotatable bonds is 2. The van der Waals surface area contributed by atoms with Crippen molar-refractivity contribution in [1.82, 2.24) is 15.4 Å². The SMILES string of the molecule is c1ccc(-c2cc(-c3ccc4oc5ccccc5c4c3)nnn2)cc1. The Labute approximate surface area is 143 Å². The smallest absolute Gasteiger partial charge is 0.135 e. The first-order valence-corrected chi connectivity index (χ1v) is 8.06. The third-order valence-electron chi connectivity index (χ3n) is 4.32. The molecule has 0 fully saturated rings. The molecule has 0 amide bonds. The van der Waals surface area contributed by atoms with Crippen LogP contribution in [0.15, 0.2) is 83.3 Å². The van der Waals surface area contributed by atoms with Gasteiger partial charge in [0.1, 0.15) is 11.2 Å². The average Bonchev–Trinajstić information content (AvgIpc) is 3.07. The molecule has 0 saturated carbocycles. The number of benzene rings is 3. The molecule has 4 nitrogen and oxygen atoms in total. The summed E-state index contributed by atoms with van der Waals surface area (Å²) in [6.45, 7) is 0. The highest BCUT2D eigenvalue weighted by atomic mass is 16.3. The van der Waals surface area contributed by atoms with Crippen LogP contribution in [-0.2, 0) is 0 Å². The first kappa shape index (κ1) is 13.9. The van der Waals surface area contributed by atoms with Gasteiger partial charge in [-0.25, -0.2) is 0 Å². The fourth-order valence-electron chi connectivity index (χ4n) is 3.08. The maximum Gasteiger partial charge on any atom is 0.135 e. The molecule has 0 aliphatic rings. The van der Waals surface area contributed by atoms with Gasteiger partial charge in [-0.1, -0.05) is 48.5 Å². The molecule has 2 aromatic heterocycles. The lowest BCUT2D eigenvalue weighted by molar-refractivity contribution is 0.669. The minimum absolute atomic E-state index is 0.793. The van der Waals surface area contributed by atoms with Crippen molar-refractivity contribution in [1.29, 1.82) is 0 Å². The molecule has 0 spiro atoms. The molecule has 5 rings (SSSR count). The van der Waals surface area contributed by atoms with Crippen molar-refractivity contribution in [2.24, 2.45) is 0 Å². The summed E-state index contributed by atoms with van der Waals surface area (Å²) in [6, 6.07) is 26.1. The van der Waals surface area contributed by atoms with Gasteiger partial charge in [0.15, 0.2) is 0 Å². The van der Waals surface area contributed by atoms with Crippen LogP contribution >= 0.6 is 0 Å². The third-order valence-corrected chi connectivity index (χ3v) is 4.32. The van der Waals surface area contributed by atoms with E-state index in [4.69, 9.17) is 4.42 Å². The largest absolute Gasteiger partial charge is 0.456 e. The van der Waals surface area contributed by atoms with E-state index in [2.05, 4.69) is 27.5 Å². The fourth-order valence-corrected chi connectivity index (χ4v) is 3.08. The van der Waals surface area contributed by atoms with Crippen LogP contribution in [0.5, 0.6) is 0 Å². The van der Waals surface area contributed by atoms with Crippen LogP contribution in [0.2, 0.25) is 0 Å². The van der Waals surface area contributed by atoms with Crippen LogP contribution in [0.3, 0.4) is 0 Å². The van der Waals surface area contributed by atoms with E-state index in [9.17, 15) is 0 Å². The van der Waals surface area contributed by atoms with Crippen molar-refractivity contribution in [3.8, 4) is 22.5 Å². The lowest BCUT2D eigenvalue weighted by atomic mass is 10.1. The zero-order chi connectivity index (χ0) is 16.6. The van der Waals surface area contributed by atoms with Crippen LogP contribution < -0.4 is 0 Å². The number of fused-ring (bicyclic) bond motifs is 3. The molecular weight excluding hydrogens is 310 g/mol. The molecule has 3 aromatic carbocycles. The number of hydrogen-bond acceptors (Lipinski definition) is 4. The fraction of sp³-hybridized carbons (Fsp3) is 0. The van der Waals surface area contributed by atoms with Crippen molar-refractivity contribution < 1.29 is 4.42 Å². The molecule has 25 heavy (non-hydrogen) atoms. The number of furan rings is 1. The summed E-state index contributed by atoms with van der Waals surface area (Å²) in [5.74, 6) is 0. The monoisotopic (exact) mass is 323 g/mol. The molecule has 118 valence electrons. The van der Waals surface area contributed by atoms with E-state index in [0.29, 0.717) is 0 Å². The van der Waals surface area contributed by atoms with Crippen molar-refractivity contribution in [3.05, 3.63) is 78.9 Å². The van der Waals surface area contributed by atoms with Gasteiger partial charge in [0.2, 0.25) is 0 Å². The molecular formula is C21H13N3O. The zero-order valence-corrected chi connectivity index (χ0v) is 13.3. The van der Waals surface area contributed by atoms with Crippen LogP contribution in [0.4, 0.5) is 0 Å². The third kappa shape index (κ3) is 2.35. The van der Waals surface area contributed by atoms with Gasteiger partial charge in [-0.3, -0.25) is 0 Å². The Morgan fingerprint density at radius 1 is 0.560 bits per heavy atom. The van der Waals surface area contributed by atoms with Gasteiger partial charge in [-0.15, -0.1) is 10.2 Å². The van der Waals surface area contributed by atoms with Gasteiger partial charge in [-0.05, 0) is 35.5 Å². The molecule has 5 aromatic rings. The quantitative estimate of drug-likeness (QED) is 0.453. The van der Waals surface area contributed by atoms with Gasteiger partial charge in [0.05, 0.1) is 11.4 Å². The lowest BCUT2D eigenvalue weighted by Gasteiger charge is -2.03. The zero-order valence-electron chi connectivity index (χ0n) is 13.3. The normalized spacial score (nSPS) is 11.2. The molecule has 0 bridgehead atoms. The van der Waals surface area contributed by atoms with Crippen LogP contribution in [0.25, 0.3) is 44.5 Å². The minimum Gasteiger partial charge on any atom is -0.456 e. The highest BCUT2D eigenvalue weighted by molar-refractivity contribution is 6.06. The highest BCUT2D eigenvalue weighted by Crippen LogP contribution is 2.32. The Balaban J connectivity index is 1.67. The Kier molecular flexibility index (Phi) is 3.07. The molecule has 0 atom stereocenters. The maximum atomic E-state index is 5.89. The summed E-state index contributed by atoms with van der Waals surface area (Å²) in [4.78, 5) is 0. The van der Waals surface area contributed by atoms with Gasteiger partial charge >= 0.3 is 0 Å². The summed E-state index contributed by atoms with van der Waals surface area (Å²) >= 11 is 0. The van der Waals surface area contributed by atoms with Crippen molar-refractivity contribution in [3.63, 3.8) is 0 Å². The van der Waals surface area contributed by atoms with Crippen molar-refractivity contribution in [2.45, 2.75) is 0 Å². The molecule has 0 radical (unpaired) electrons. The summed E-state index contributed by atoms with van der Waals surface area (Å²) in [5.41, 5.74) is 5.37. The first-order chi connectivity index (χ1) is 12.4. The molecule has 2 heterocycles. The van der Waals surface area contributed by atoms with Gasteiger partial charge in [-0.2, -0.15) is 0 Å². The van der Waals surface area contributed by atoms with Crippen LogP contribution in [0, 0.1) is 0 Å². The predicted octanol–water partition coefficient (Wildman–Crippen LogP) is 5.11. The van der Waals surface area contributed by atoms with Gasteiger partial charge in [0, 0.05) is 21.9 Å². The minimum atomic E-state index is 0.793. The topological polar surface area (TPSA) is 51.8 Å². The summed E-state index contributed by atoms with van der Waals surface area (Å²) < 4.78 is 5.89. The summed E-state index contributed by atoms with van der Waals surface area (Å²) in [6.07, 6.45) is 0. The van der Waals surface area contributed by atoms with E-state index in [1.807, 2.05) is 66.7 Å². The predicted molar refractivity (Wildman–Crippen MR) is 98.0 cm³/mol. The Morgan fingerprint density at radius 2 is 1.28 bits per heavy atom. The van der Waals surface area contributed by atoms with Crippen LogP contribution in [-0.4, -0.2) is 15.4 Å².